The van der Waals surface area contributed by atoms with Gasteiger partial charge in [-0.15, -0.1) is 0 Å². The van der Waals surface area contributed by atoms with Crippen LogP contribution in [0.5, 0.6) is 0 Å². The van der Waals surface area contributed by atoms with Crippen molar-refractivity contribution in [2.45, 2.75) is 52.6 Å². The zero-order valence-electron chi connectivity index (χ0n) is 16.2. The Bertz CT molecular complexity index is 752. The minimum atomic E-state index is -1.04. The molecule has 1 amide bonds. The Morgan fingerprint density at radius 3 is 2.56 bits per heavy atom. The average molecular weight is 378 g/mol. The summed E-state index contributed by atoms with van der Waals surface area (Å²) < 4.78 is 9.96. The summed E-state index contributed by atoms with van der Waals surface area (Å²) in [4.78, 5) is 53.0. The lowest BCUT2D eigenvalue weighted by atomic mass is 10.1. The van der Waals surface area contributed by atoms with Crippen molar-refractivity contribution in [3.63, 3.8) is 0 Å². The molecule has 1 atom stereocenters. The number of aryl methyl sites for hydroxylation is 1. The van der Waals surface area contributed by atoms with Crippen LogP contribution in [0.4, 0.5) is 0 Å². The topological polar surface area (TPSA) is 106 Å². The molecular weight excluding hydrogens is 352 g/mol. The van der Waals surface area contributed by atoms with E-state index in [9.17, 15) is 19.2 Å². The average Bonchev–Trinajstić information content (AvgIpc) is 2.77. The van der Waals surface area contributed by atoms with Crippen LogP contribution in [-0.4, -0.2) is 59.8 Å². The smallest absolute Gasteiger partial charge is 0.339 e. The first kappa shape index (κ1) is 20.7. The Labute approximate surface area is 158 Å². The van der Waals surface area contributed by atoms with Gasteiger partial charge in [0.1, 0.15) is 6.54 Å². The highest BCUT2D eigenvalue weighted by Gasteiger charge is 2.28. The van der Waals surface area contributed by atoms with Crippen molar-refractivity contribution in [2.24, 2.45) is 0 Å². The predicted molar refractivity (Wildman–Crippen MR) is 96.5 cm³/mol. The third kappa shape index (κ3) is 4.75. The molecule has 0 bridgehead atoms. The van der Waals surface area contributed by atoms with Gasteiger partial charge in [-0.2, -0.15) is 0 Å². The third-order valence-electron chi connectivity index (χ3n) is 4.74. The summed E-state index contributed by atoms with van der Waals surface area (Å²) in [5.74, 6) is -1.67. The first-order valence-corrected chi connectivity index (χ1v) is 9.05. The van der Waals surface area contributed by atoms with Gasteiger partial charge in [-0.1, -0.05) is 6.42 Å². The number of aromatic amines is 1. The molecule has 1 aromatic rings. The normalized spacial score (nSPS) is 15.9. The Kier molecular flexibility index (Phi) is 6.76. The van der Waals surface area contributed by atoms with Crippen LogP contribution in [0.25, 0.3) is 0 Å². The van der Waals surface area contributed by atoms with E-state index in [-0.39, 0.29) is 18.1 Å². The van der Waals surface area contributed by atoms with Gasteiger partial charge in [0.15, 0.2) is 6.10 Å². The monoisotopic (exact) mass is 378 g/mol. The second-order valence-corrected chi connectivity index (χ2v) is 6.74. The molecule has 0 aliphatic carbocycles. The summed E-state index contributed by atoms with van der Waals surface area (Å²) in [6.45, 7) is 5.13. The van der Waals surface area contributed by atoms with Gasteiger partial charge in [0.2, 0.25) is 11.7 Å². The fourth-order valence-corrected chi connectivity index (χ4v) is 3.26. The molecule has 27 heavy (non-hydrogen) atoms. The fourth-order valence-electron chi connectivity index (χ4n) is 3.26. The van der Waals surface area contributed by atoms with Gasteiger partial charge in [-0.3, -0.25) is 14.4 Å². The summed E-state index contributed by atoms with van der Waals surface area (Å²) in [6.07, 6.45) is 2.03. The first-order chi connectivity index (χ1) is 12.8. The Morgan fingerprint density at radius 2 is 1.89 bits per heavy atom. The molecule has 8 nitrogen and oxygen atoms in total. The van der Waals surface area contributed by atoms with Crippen molar-refractivity contribution in [2.75, 3.05) is 20.2 Å². The van der Waals surface area contributed by atoms with Gasteiger partial charge in [-0.25, -0.2) is 4.79 Å². The molecule has 1 N–H and O–H groups in total. The maximum atomic E-state index is 12.6. The first-order valence-electron chi connectivity index (χ1n) is 9.05. The zero-order chi connectivity index (χ0) is 20.1. The molecule has 2 rings (SSSR count). The number of nitrogens with zero attached hydrogens (tertiary/aromatic N) is 1. The highest BCUT2D eigenvalue weighted by atomic mass is 16.5. The van der Waals surface area contributed by atoms with Crippen molar-refractivity contribution in [3.8, 4) is 0 Å². The van der Waals surface area contributed by atoms with E-state index in [1.54, 1.807) is 13.8 Å². The Hall–Kier alpha value is -2.64. The molecule has 1 aliphatic heterocycles. The number of H-pyrrole nitrogens is 1. The summed E-state index contributed by atoms with van der Waals surface area (Å²) in [5, 5.41) is 0. The summed E-state index contributed by atoms with van der Waals surface area (Å²) in [5.41, 5.74) is 1.47. The van der Waals surface area contributed by atoms with Crippen molar-refractivity contribution in [1.82, 2.24) is 9.88 Å². The van der Waals surface area contributed by atoms with Gasteiger partial charge in [0.25, 0.3) is 0 Å². The lowest BCUT2D eigenvalue weighted by Crippen LogP contribution is -2.38. The van der Waals surface area contributed by atoms with E-state index in [0.717, 1.165) is 19.3 Å². The molecule has 0 aromatic carbocycles. The fraction of sp³-hybridized carbons (Fsp3) is 0.579. The molecule has 1 saturated heterocycles. The van der Waals surface area contributed by atoms with Crippen molar-refractivity contribution < 1.29 is 28.7 Å². The number of likely N-dealkylation sites (tertiary alicyclic amines) is 1. The Balaban J connectivity index is 2.04. The number of carbonyl (C=O) groups is 4. The number of hydrogen-bond acceptors (Lipinski definition) is 6. The number of rotatable bonds is 6. The summed E-state index contributed by atoms with van der Waals surface area (Å²) in [7, 11) is 1.27. The molecule has 148 valence electrons. The highest BCUT2D eigenvalue weighted by Crippen LogP contribution is 2.21. The number of ether oxygens (including phenoxy) is 2. The number of ketones is 1. The molecule has 0 spiro atoms. The van der Waals surface area contributed by atoms with E-state index in [0.29, 0.717) is 29.8 Å². The van der Waals surface area contributed by atoms with Crippen molar-refractivity contribution in [1.29, 1.82) is 0 Å². The molecule has 2 heterocycles. The van der Waals surface area contributed by atoms with E-state index >= 15 is 0 Å². The number of carbonyl (C=O) groups excluding carboxylic acids is 4. The van der Waals surface area contributed by atoms with Crippen molar-refractivity contribution in [3.05, 3.63) is 22.5 Å². The number of nitrogens with one attached hydrogen (secondary N) is 1. The minimum absolute atomic E-state index is 0.0676. The van der Waals surface area contributed by atoms with Crippen LogP contribution in [0.15, 0.2) is 0 Å². The van der Waals surface area contributed by atoms with E-state index in [1.165, 1.54) is 18.9 Å². The van der Waals surface area contributed by atoms with Crippen LogP contribution in [0.2, 0.25) is 0 Å². The number of esters is 2. The summed E-state index contributed by atoms with van der Waals surface area (Å²) in [6, 6.07) is 0. The minimum Gasteiger partial charge on any atom is -0.465 e. The van der Waals surface area contributed by atoms with Gasteiger partial charge >= 0.3 is 11.9 Å². The molecule has 1 aliphatic rings. The maximum Gasteiger partial charge on any atom is 0.339 e. The lowest BCUT2D eigenvalue weighted by Gasteiger charge is -2.20. The van der Waals surface area contributed by atoms with E-state index < -0.39 is 23.8 Å². The lowest BCUT2D eigenvalue weighted by molar-refractivity contribution is -0.151. The number of hydrogen-bond donors (Lipinski definition) is 1. The molecule has 0 radical (unpaired) electrons. The van der Waals surface area contributed by atoms with Crippen LogP contribution >= 0.6 is 0 Å². The molecule has 1 aromatic heterocycles. The SMILES string of the molecule is COC(=O)c1c(C)[nH]c(C(=O)C(C)OC(=O)CN2CCCCCC2=O)c1C. The van der Waals surface area contributed by atoms with Crippen LogP contribution in [-0.2, 0) is 19.1 Å². The Morgan fingerprint density at radius 1 is 1.19 bits per heavy atom. The van der Waals surface area contributed by atoms with Gasteiger partial charge in [0, 0.05) is 18.7 Å². The third-order valence-corrected chi connectivity index (χ3v) is 4.74. The number of Topliss-reactive ketones (excluding diaryl/α,β-unsaturated/α-hetero) is 1. The van der Waals surface area contributed by atoms with Gasteiger partial charge in [0.05, 0.1) is 18.4 Å². The number of methoxy groups -OCH3 is 1. The van der Waals surface area contributed by atoms with Crippen LogP contribution < -0.4 is 0 Å². The molecule has 1 unspecified atom stereocenters. The molecular formula is C19H26N2O6. The van der Waals surface area contributed by atoms with E-state index in [2.05, 4.69) is 4.98 Å². The number of amides is 1. The van der Waals surface area contributed by atoms with E-state index in [1.807, 2.05) is 0 Å². The second kappa shape index (κ2) is 8.83. The van der Waals surface area contributed by atoms with Crippen molar-refractivity contribution >= 4 is 23.6 Å². The molecule has 1 fully saturated rings. The summed E-state index contributed by atoms with van der Waals surface area (Å²) >= 11 is 0. The van der Waals surface area contributed by atoms with E-state index in [4.69, 9.17) is 9.47 Å². The standard InChI is InChI=1S/C19H26N2O6/c1-11-16(19(25)26-4)12(2)20-17(11)18(24)13(3)27-15(23)10-21-9-7-5-6-8-14(21)22/h13,20H,5-10H2,1-4H3. The number of aromatic nitrogens is 1. The predicted octanol–water partition coefficient (Wildman–Crippen LogP) is 1.94. The largest absolute Gasteiger partial charge is 0.465 e. The quantitative estimate of drug-likeness (QED) is 0.599. The molecule has 0 saturated carbocycles. The van der Waals surface area contributed by atoms with Gasteiger partial charge < -0.3 is 19.4 Å². The van der Waals surface area contributed by atoms with Crippen LogP contribution in [0, 0.1) is 13.8 Å². The highest BCUT2D eigenvalue weighted by molar-refractivity contribution is 6.04. The van der Waals surface area contributed by atoms with Crippen LogP contribution in [0.3, 0.4) is 0 Å². The van der Waals surface area contributed by atoms with Gasteiger partial charge in [-0.05, 0) is 39.2 Å². The second-order valence-electron chi connectivity index (χ2n) is 6.74. The maximum absolute atomic E-state index is 12.6. The molecule has 8 heteroatoms. The zero-order valence-corrected chi connectivity index (χ0v) is 16.2. The van der Waals surface area contributed by atoms with Crippen LogP contribution in [0.1, 0.15) is 64.7 Å².